The van der Waals surface area contributed by atoms with E-state index in [0.717, 1.165) is 19.4 Å². The van der Waals surface area contributed by atoms with Crippen molar-refractivity contribution in [2.45, 2.75) is 32.2 Å². The zero-order chi connectivity index (χ0) is 19.4. The predicted octanol–water partition coefficient (Wildman–Crippen LogP) is 3.13. The summed E-state index contributed by atoms with van der Waals surface area (Å²) >= 11 is 0. The van der Waals surface area contributed by atoms with Crippen LogP contribution in [0.15, 0.2) is 58.0 Å². The molecule has 2 heterocycles. The molecule has 2 aliphatic rings. The van der Waals surface area contributed by atoms with E-state index in [1.54, 1.807) is 31.2 Å². The van der Waals surface area contributed by atoms with Crippen molar-refractivity contribution in [1.29, 1.82) is 0 Å². The molecule has 144 valence electrons. The Morgan fingerprint density at radius 2 is 1.96 bits per heavy atom. The van der Waals surface area contributed by atoms with Crippen LogP contribution in [0.3, 0.4) is 0 Å². The van der Waals surface area contributed by atoms with Crippen molar-refractivity contribution < 1.29 is 17.9 Å². The molecule has 1 unspecified atom stereocenters. The maximum atomic E-state index is 12.6. The minimum atomic E-state index is -3.81. The normalized spacial score (nSPS) is 21.9. The first-order valence-corrected chi connectivity index (χ1v) is 10.3. The average molecular weight is 389 g/mol. The first-order chi connectivity index (χ1) is 12.9. The molecule has 1 saturated heterocycles. The van der Waals surface area contributed by atoms with Gasteiger partial charge in [-0.2, -0.15) is 8.42 Å². The van der Waals surface area contributed by atoms with Crippen LogP contribution in [0.25, 0.3) is 0 Å². The Hall–Kier alpha value is -2.61. The molecular formula is C19H23N3O4S. The zero-order valence-electron chi connectivity index (χ0n) is 15.4. The van der Waals surface area contributed by atoms with Gasteiger partial charge in [-0.25, -0.2) is 4.79 Å². The number of rotatable bonds is 3. The summed E-state index contributed by atoms with van der Waals surface area (Å²) in [5, 5.41) is 0. The van der Waals surface area contributed by atoms with Gasteiger partial charge in [0.05, 0.1) is 10.9 Å². The van der Waals surface area contributed by atoms with Crippen molar-refractivity contribution in [2.24, 2.45) is 4.40 Å². The minimum Gasteiger partial charge on any atom is -0.410 e. The van der Waals surface area contributed by atoms with Crippen molar-refractivity contribution in [3.8, 4) is 5.75 Å². The Kier molecular flexibility index (Phi) is 5.65. The van der Waals surface area contributed by atoms with Crippen LogP contribution in [0.1, 0.15) is 26.2 Å². The maximum absolute atomic E-state index is 12.6. The standard InChI is InChI=1S/C19H23N3O4S/c1-15-14-17(27(24,25)20-18-10-6-7-12-21(18)2)11-13-22(15)19(23)26-16-8-4-3-5-9-16/h3-5,8-9,11,13-15H,6-7,10,12H2,1-2H3/b20-18+. The number of ether oxygens (including phenoxy) is 1. The maximum Gasteiger partial charge on any atom is 0.419 e. The average Bonchev–Trinajstić information content (AvgIpc) is 2.64. The summed E-state index contributed by atoms with van der Waals surface area (Å²) in [6, 6.07) is 8.25. The summed E-state index contributed by atoms with van der Waals surface area (Å²) in [5.74, 6) is 1.01. The number of benzene rings is 1. The van der Waals surface area contributed by atoms with Crippen molar-refractivity contribution in [3.05, 3.63) is 53.6 Å². The van der Waals surface area contributed by atoms with Crippen molar-refractivity contribution in [2.75, 3.05) is 13.6 Å². The number of amides is 1. The first-order valence-electron chi connectivity index (χ1n) is 8.87. The van der Waals surface area contributed by atoms with Crippen LogP contribution < -0.4 is 4.74 Å². The SMILES string of the molecule is CC1C=C(S(=O)(=O)/N=C2\CCCCN2C)C=CN1C(=O)Oc1ccccc1. The zero-order valence-corrected chi connectivity index (χ0v) is 16.2. The van der Waals surface area contributed by atoms with Crippen LogP contribution >= 0.6 is 0 Å². The Morgan fingerprint density at radius 3 is 2.63 bits per heavy atom. The van der Waals surface area contributed by atoms with Gasteiger partial charge < -0.3 is 9.64 Å². The summed E-state index contributed by atoms with van der Waals surface area (Å²) in [7, 11) is -1.97. The van der Waals surface area contributed by atoms with Crippen LogP contribution in [0, 0.1) is 0 Å². The number of para-hydroxylation sites is 1. The van der Waals surface area contributed by atoms with Gasteiger partial charge in [0.2, 0.25) is 0 Å². The largest absolute Gasteiger partial charge is 0.419 e. The van der Waals surface area contributed by atoms with Crippen molar-refractivity contribution in [3.63, 3.8) is 0 Å². The fourth-order valence-electron chi connectivity index (χ4n) is 2.96. The van der Waals surface area contributed by atoms with Gasteiger partial charge in [-0.15, -0.1) is 4.40 Å². The molecule has 0 N–H and O–H groups in total. The van der Waals surface area contributed by atoms with Crippen LogP contribution in [-0.4, -0.2) is 49.8 Å². The number of amidine groups is 1. The Bertz CT molecular complexity index is 891. The van der Waals surface area contributed by atoms with E-state index in [0.29, 0.717) is 18.0 Å². The summed E-state index contributed by atoms with van der Waals surface area (Å²) in [6.07, 6.45) is 6.36. The number of hydrogen-bond donors (Lipinski definition) is 0. The molecule has 3 rings (SSSR count). The Morgan fingerprint density at radius 1 is 1.22 bits per heavy atom. The van der Waals surface area contributed by atoms with Crippen LogP contribution in [-0.2, 0) is 10.0 Å². The molecule has 1 atom stereocenters. The quantitative estimate of drug-likeness (QED) is 0.793. The molecular weight excluding hydrogens is 366 g/mol. The third kappa shape index (κ3) is 4.57. The van der Waals surface area contributed by atoms with E-state index < -0.39 is 22.2 Å². The minimum absolute atomic E-state index is 0.0882. The van der Waals surface area contributed by atoms with E-state index in [4.69, 9.17) is 4.74 Å². The molecule has 0 spiro atoms. The lowest BCUT2D eigenvalue weighted by Crippen LogP contribution is -2.37. The fourth-order valence-corrected chi connectivity index (χ4v) is 4.18. The number of allylic oxidation sites excluding steroid dienone is 1. The van der Waals surface area contributed by atoms with E-state index in [-0.39, 0.29) is 4.91 Å². The number of likely N-dealkylation sites (tertiary alicyclic amines) is 1. The van der Waals surface area contributed by atoms with Gasteiger partial charge in [-0.3, -0.25) is 4.90 Å². The van der Waals surface area contributed by atoms with Gasteiger partial charge >= 0.3 is 6.09 Å². The third-order valence-corrected chi connectivity index (χ3v) is 5.83. The van der Waals surface area contributed by atoms with E-state index >= 15 is 0 Å². The second kappa shape index (κ2) is 7.96. The van der Waals surface area contributed by atoms with E-state index in [1.807, 2.05) is 18.0 Å². The number of carbonyl (C=O) groups is 1. The lowest BCUT2D eigenvalue weighted by molar-refractivity contribution is 0.163. The number of nitrogens with zero attached hydrogens (tertiary/aromatic N) is 3. The molecule has 1 amide bonds. The van der Waals surface area contributed by atoms with Gasteiger partial charge in [-0.1, -0.05) is 18.2 Å². The molecule has 0 saturated carbocycles. The predicted molar refractivity (Wildman–Crippen MR) is 104 cm³/mol. The van der Waals surface area contributed by atoms with Gasteiger partial charge in [0.25, 0.3) is 10.0 Å². The van der Waals surface area contributed by atoms with Gasteiger partial charge in [0.15, 0.2) is 0 Å². The molecule has 0 bridgehead atoms. The van der Waals surface area contributed by atoms with Gasteiger partial charge in [-0.05, 0) is 44.1 Å². The van der Waals surface area contributed by atoms with E-state index in [1.165, 1.54) is 23.3 Å². The van der Waals surface area contributed by atoms with Gasteiger partial charge in [0.1, 0.15) is 11.6 Å². The molecule has 1 fully saturated rings. The van der Waals surface area contributed by atoms with E-state index in [9.17, 15) is 13.2 Å². The Labute approximate surface area is 159 Å². The first kappa shape index (κ1) is 19.2. The fraction of sp³-hybridized carbons (Fsp3) is 0.368. The highest BCUT2D eigenvalue weighted by atomic mass is 32.2. The molecule has 2 aliphatic heterocycles. The van der Waals surface area contributed by atoms with Crippen LogP contribution in [0.2, 0.25) is 0 Å². The molecule has 8 heteroatoms. The third-order valence-electron chi connectivity index (χ3n) is 4.51. The summed E-state index contributed by atoms with van der Waals surface area (Å²) in [5.41, 5.74) is 0. The molecule has 0 radical (unpaired) electrons. The van der Waals surface area contributed by atoms with Crippen LogP contribution in [0.5, 0.6) is 5.75 Å². The highest BCUT2D eigenvalue weighted by Gasteiger charge is 2.27. The number of sulfonamides is 1. The highest BCUT2D eigenvalue weighted by molar-refractivity contribution is 7.94. The monoisotopic (exact) mass is 389 g/mol. The summed E-state index contributed by atoms with van der Waals surface area (Å²) in [4.78, 5) is 15.6. The summed E-state index contributed by atoms with van der Waals surface area (Å²) in [6.45, 7) is 2.53. The lowest BCUT2D eigenvalue weighted by Gasteiger charge is -2.27. The second-order valence-electron chi connectivity index (χ2n) is 6.57. The van der Waals surface area contributed by atoms with Crippen molar-refractivity contribution in [1.82, 2.24) is 9.80 Å². The molecule has 0 aromatic heterocycles. The molecule has 1 aromatic carbocycles. The lowest BCUT2D eigenvalue weighted by atomic mass is 10.1. The number of piperidine rings is 1. The topological polar surface area (TPSA) is 79.3 Å². The van der Waals surface area contributed by atoms with Gasteiger partial charge in [0, 0.05) is 26.2 Å². The number of carbonyl (C=O) groups excluding carboxylic acids is 1. The second-order valence-corrected chi connectivity index (χ2v) is 8.18. The summed E-state index contributed by atoms with van der Waals surface area (Å²) < 4.78 is 34.6. The highest BCUT2D eigenvalue weighted by Crippen LogP contribution is 2.23. The molecule has 7 nitrogen and oxygen atoms in total. The van der Waals surface area contributed by atoms with E-state index in [2.05, 4.69) is 4.40 Å². The van der Waals surface area contributed by atoms with Crippen LogP contribution in [0.4, 0.5) is 4.79 Å². The molecule has 1 aromatic rings. The Balaban J connectivity index is 1.73. The molecule has 0 aliphatic carbocycles. The van der Waals surface area contributed by atoms with Crippen molar-refractivity contribution >= 4 is 22.0 Å². The molecule has 27 heavy (non-hydrogen) atoms. The smallest absolute Gasteiger partial charge is 0.410 e. The number of hydrogen-bond acceptors (Lipinski definition) is 4.